The van der Waals surface area contributed by atoms with Crippen molar-refractivity contribution >= 4 is 9.84 Å². The molecule has 1 aliphatic rings. The molecule has 0 spiro atoms. The highest BCUT2D eigenvalue weighted by atomic mass is 32.2. The van der Waals surface area contributed by atoms with Gasteiger partial charge in [-0.1, -0.05) is 48.5 Å². The third kappa shape index (κ3) is 4.85. The Morgan fingerprint density at radius 3 is 2.39 bits per heavy atom. The van der Waals surface area contributed by atoms with E-state index in [9.17, 15) is 18.1 Å². The van der Waals surface area contributed by atoms with Gasteiger partial charge in [-0.05, 0) is 66.3 Å². The second kappa shape index (κ2) is 9.09. The van der Waals surface area contributed by atoms with Crippen LogP contribution >= 0.6 is 0 Å². The summed E-state index contributed by atoms with van der Waals surface area (Å²) < 4.78 is 38.1. The van der Waals surface area contributed by atoms with Gasteiger partial charge in [0.05, 0.1) is 16.4 Å². The smallest absolute Gasteiger partial charge is 0.175 e. The molecule has 0 aliphatic carbocycles. The molecule has 3 aromatic rings. The van der Waals surface area contributed by atoms with Crippen molar-refractivity contribution in [3.8, 4) is 17.2 Å². The first-order valence-corrected chi connectivity index (χ1v) is 12.9. The number of hydrogen-bond donors (Lipinski definition) is 0. The first kappa shape index (κ1) is 23.2. The summed E-state index contributed by atoms with van der Waals surface area (Å²) in [6.45, 7) is 3.66. The van der Waals surface area contributed by atoms with Crippen LogP contribution < -0.4 is 0 Å². The minimum atomic E-state index is -3.31. The molecule has 1 saturated heterocycles. The fraction of sp³-hybridized carbons (Fsp3) is 0.296. The maximum Gasteiger partial charge on any atom is 0.175 e. The minimum Gasteiger partial charge on any atom is -0.296 e. The fourth-order valence-electron chi connectivity index (χ4n) is 4.80. The fourth-order valence-corrected chi connectivity index (χ4v) is 5.43. The van der Waals surface area contributed by atoms with Gasteiger partial charge in [-0.3, -0.25) is 4.90 Å². The van der Waals surface area contributed by atoms with Gasteiger partial charge < -0.3 is 0 Å². The summed E-state index contributed by atoms with van der Waals surface area (Å²) in [7, 11) is -3.31. The van der Waals surface area contributed by atoms with E-state index < -0.39 is 15.3 Å². The van der Waals surface area contributed by atoms with Gasteiger partial charge in [-0.15, -0.1) is 0 Å². The number of sulfone groups is 1. The maximum atomic E-state index is 14.4. The average Bonchev–Trinajstić information content (AvgIpc) is 2.81. The normalized spacial score (nSPS) is 21.5. The Kier molecular flexibility index (Phi) is 6.38. The highest BCUT2D eigenvalue weighted by Gasteiger charge is 2.41. The summed E-state index contributed by atoms with van der Waals surface area (Å²) in [5.74, 6) is -0.379. The van der Waals surface area contributed by atoms with Crippen molar-refractivity contribution in [3.63, 3.8) is 0 Å². The molecule has 1 heterocycles. The van der Waals surface area contributed by atoms with Gasteiger partial charge in [0.25, 0.3) is 0 Å². The third-order valence-electron chi connectivity index (χ3n) is 6.63. The molecule has 170 valence electrons. The van der Waals surface area contributed by atoms with Crippen molar-refractivity contribution in [3.05, 3.63) is 89.7 Å². The van der Waals surface area contributed by atoms with Crippen LogP contribution in [-0.2, 0) is 21.8 Å². The molecule has 0 unspecified atom stereocenters. The zero-order chi connectivity index (χ0) is 23.6. The van der Waals surface area contributed by atoms with E-state index in [0.717, 1.165) is 24.2 Å². The highest BCUT2D eigenvalue weighted by molar-refractivity contribution is 7.90. The third-order valence-corrected chi connectivity index (χ3v) is 7.75. The number of piperidine rings is 1. The number of benzene rings is 3. The first-order valence-electron chi connectivity index (χ1n) is 11.0. The molecule has 6 heteroatoms. The minimum absolute atomic E-state index is 0.141. The van der Waals surface area contributed by atoms with Gasteiger partial charge in [-0.25, -0.2) is 12.8 Å². The monoisotopic (exact) mass is 462 g/mol. The molecule has 4 nitrogen and oxygen atoms in total. The Hall–Kier alpha value is -3.01. The molecule has 4 rings (SSSR count). The predicted molar refractivity (Wildman–Crippen MR) is 128 cm³/mol. The molecule has 1 fully saturated rings. The summed E-state index contributed by atoms with van der Waals surface area (Å²) in [6.07, 6.45) is 2.35. The molecular weight excluding hydrogens is 435 g/mol. The van der Waals surface area contributed by atoms with Crippen LogP contribution in [0.3, 0.4) is 0 Å². The van der Waals surface area contributed by atoms with Crippen molar-refractivity contribution in [2.24, 2.45) is 0 Å². The molecule has 0 saturated carbocycles. The van der Waals surface area contributed by atoms with Crippen LogP contribution in [0.4, 0.5) is 4.39 Å². The molecule has 0 aromatic heterocycles. The Morgan fingerprint density at radius 1 is 1.09 bits per heavy atom. The predicted octanol–water partition coefficient (Wildman–Crippen LogP) is 5.34. The van der Waals surface area contributed by atoms with Crippen molar-refractivity contribution in [2.75, 3.05) is 12.8 Å². The first-order chi connectivity index (χ1) is 15.7. The second-order valence-corrected chi connectivity index (χ2v) is 11.0. The van der Waals surface area contributed by atoms with Crippen LogP contribution in [0.15, 0.2) is 77.7 Å². The zero-order valence-corrected chi connectivity index (χ0v) is 19.6. The van der Waals surface area contributed by atoms with Crippen LogP contribution in [0, 0.1) is 17.1 Å². The van der Waals surface area contributed by atoms with Crippen LogP contribution in [0.1, 0.15) is 30.9 Å². The van der Waals surface area contributed by atoms with E-state index in [-0.39, 0.29) is 16.8 Å². The summed E-state index contributed by atoms with van der Waals surface area (Å²) in [6, 6.07) is 24.1. The standard InChI is InChI=1S/C27H27FN2O2S/c1-20-17-27(19-29,14-15-30(20)18-21-6-4-3-5-7-21)26-16-23(28)10-13-25(26)22-8-11-24(12-9-22)33(2,31)32/h3-13,16,20H,14-15,17-18H2,1-2H3/t20-,27+/m0/s1. The second-order valence-electron chi connectivity index (χ2n) is 8.94. The maximum absolute atomic E-state index is 14.4. The molecule has 0 amide bonds. The van der Waals surface area contributed by atoms with E-state index in [1.54, 1.807) is 30.3 Å². The summed E-state index contributed by atoms with van der Waals surface area (Å²) in [4.78, 5) is 2.60. The number of likely N-dealkylation sites (tertiary alicyclic amines) is 1. The van der Waals surface area contributed by atoms with Crippen LogP contribution in [0.2, 0.25) is 0 Å². The SMILES string of the molecule is C[C@H]1C[C@](C#N)(c2cc(F)ccc2-c2ccc(S(C)(=O)=O)cc2)CCN1Cc1ccccc1. The van der Waals surface area contributed by atoms with Gasteiger partial charge in [0, 0.05) is 25.4 Å². The van der Waals surface area contributed by atoms with Gasteiger partial charge in [0.2, 0.25) is 0 Å². The average molecular weight is 463 g/mol. The number of nitriles is 1. The van der Waals surface area contributed by atoms with E-state index in [1.165, 1.54) is 24.0 Å². The quantitative estimate of drug-likeness (QED) is 0.513. The van der Waals surface area contributed by atoms with Gasteiger partial charge in [-0.2, -0.15) is 5.26 Å². The Balaban J connectivity index is 1.68. The van der Waals surface area contributed by atoms with Gasteiger partial charge >= 0.3 is 0 Å². The lowest BCUT2D eigenvalue weighted by Crippen LogP contribution is -2.47. The molecule has 0 N–H and O–H groups in total. The number of hydrogen-bond acceptors (Lipinski definition) is 4. The van der Waals surface area contributed by atoms with E-state index in [0.29, 0.717) is 18.4 Å². The number of rotatable bonds is 5. The topological polar surface area (TPSA) is 61.2 Å². The molecule has 2 atom stereocenters. The van der Waals surface area contributed by atoms with E-state index in [4.69, 9.17) is 0 Å². The molecule has 3 aromatic carbocycles. The van der Waals surface area contributed by atoms with Crippen LogP contribution in [0.5, 0.6) is 0 Å². The lowest BCUT2D eigenvalue weighted by molar-refractivity contribution is 0.117. The largest absolute Gasteiger partial charge is 0.296 e. The van der Waals surface area contributed by atoms with E-state index in [2.05, 4.69) is 30.0 Å². The summed E-state index contributed by atoms with van der Waals surface area (Å²) in [5.41, 5.74) is 2.61. The Labute approximate surface area is 195 Å². The van der Waals surface area contributed by atoms with Gasteiger partial charge in [0.15, 0.2) is 9.84 Å². The zero-order valence-electron chi connectivity index (χ0n) is 18.8. The molecule has 0 bridgehead atoms. The van der Waals surface area contributed by atoms with Crippen molar-refractivity contribution in [2.45, 2.75) is 42.7 Å². The van der Waals surface area contributed by atoms with Gasteiger partial charge in [0.1, 0.15) is 5.82 Å². The molecule has 1 aliphatic heterocycles. The Morgan fingerprint density at radius 2 is 1.79 bits per heavy atom. The van der Waals surface area contributed by atoms with Crippen molar-refractivity contribution < 1.29 is 12.8 Å². The van der Waals surface area contributed by atoms with Crippen LogP contribution in [0.25, 0.3) is 11.1 Å². The van der Waals surface area contributed by atoms with Crippen molar-refractivity contribution in [1.29, 1.82) is 5.26 Å². The summed E-state index contributed by atoms with van der Waals surface area (Å²) >= 11 is 0. The number of nitrogens with zero attached hydrogens (tertiary/aromatic N) is 2. The number of halogens is 1. The lowest BCUT2D eigenvalue weighted by Gasteiger charge is -2.43. The Bertz CT molecular complexity index is 1280. The molecule has 0 radical (unpaired) electrons. The lowest BCUT2D eigenvalue weighted by atomic mass is 9.69. The molecule has 33 heavy (non-hydrogen) atoms. The van der Waals surface area contributed by atoms with Crippen molar-refractivity contribution in [1.82, 2.24) is 4.90 Å². The summed E-state index contributed by atoms with van der Waals surface area (Å²) in [5, 5.41) is 10.3. The molecular formula is C27H27FN2O2S. The van der Waals surface area contributed by atoms with Crippen LogP contribution in [-0.4, -0.2) is 32.2 Å². The highest BCUT2D eigenvalue weighted by Crippen LogP contribution is 2.43. The van der Waals surface area contributed by atoms with E-state index >= 15 is 0 Å². The van der Waals surface area contributed by atoms with E-state index in [1.807, 2.05) is 18.2 Å².